The molecule has 0 saturated heterocycles. The third-order valence-corrected chi connectivity index (χ3v) is 2.56. The zero-order valence-corrected chi connectivity index (χ0v) is 10.9. The van der Waals surface area contributed by atoms with Crippen LogP contribution in [0.5, 0.6) is 0 Å². The van der Waals surface area contributed by atoms with Crippen molar-refractivity contribution >= 4 is 23.4 Å². The van der Waals surface area contributed by atoms with E-state index in [1.165, 1.54) is 7.11 Å². The van der Waals surface area contributed by atoms with Crippen LogP contribution in [0.25, 0.3) is 0 Å². The van der Waals surface area contributed by atoms with Crippen molar-refractivity contribution in [2.75, 3.05) is 7.11 Å². The molecular formula is C13H15ClO3. The number of carbonyl (C=O) groups excluding carboxylic acids is 2. The number of alkyl halides is 1. The van der Waals surface area contributed by atoms with E-state index in [2.05, 4.69) is 4.74 Å². The molecule has 0 radical (unpaired) electrons. The fourth-order valence-electron chi connectivity index (χ4n) is 1.58. The summed E-state index contributed by atoms with van der Waals surface area (Å²) >= 11 is 5.76. The van der Waals surface area contributed by atoms with Crippen LogP contribution >= 0.6 is 11.6 Å². The molecule has 0 saturated carbocycles. The molecule has 1 unspecified atom stereocenters. The lowest BCUT2D eigenvalue weighted by Crippen LogP contribution is -2.12. The molecule has 1 aromatic carbocycles. The minimum atomic E-state index is -0.567. The highest BCUT2D eigenvalue weighted by molar-refractivity contribution is 6.33. The Labute approximate surface area is 106 Å². The number of hydrogen-bond acceptors (Lipinski definition) is 3. The molecule has 3 nitrogen and oxygen atoms in total. The minimum absolute atomic E-state index is 0.138. The molecule has 0 heterocycles. The van der Waals surface area contributed by atoms with Crippen LogP contribution in [0.3, 0.4) is 0 Å². The number of carbonyl (C=O) groups is 2. The van der Waals surface area contributed by atoms with Crippen molar-refractivity contribution in [3.05, 3.63) is 34.9 Å². The van der Waals surface area contributed by atoms with Gasteiger partial charge in [0.15, 0.2) is 5.78 Å². The molecule has 0 aliphatic carbocycles. The molecule has 0 fully saturated rings. The first-order chi connectivity index (χ1) is 7.93. The van der Waals surface area contributed by atoms with Crippen LogP contribution < -0.4 is 0 Å². The molecule has 92 valence electrons. The summed E-state index contributed by atoms with van der Waals surface area (Å²) in [7, 11) is 1.34. The van der Waals surface area contributed by atoms with Crippen molar-refractivity contribution in [2.45, 2.75) is 25.6 Å². The number of aryl methyl sites for hydroxylation is 1. The highest BCUT2D eigenvalue weighted by atomic mass is 35.5. The van der Waals surface area contributed by atoms with Gasteiger partial charge < -0.3 is 4.74 Å². The Hall–Kier alpha value is -1.35. The molecule has 1 atom stereocenters. The average Bonchev–Trinajstić information content (AvgIpc) is 2.26. The van der Waals surface area contributed by atoms with Crippen molar-refractivity contribution in [2.24, 2.45) is 0 Å². The van der Waals surface area contributed by atoms with Gasteiger partial charge in [0.1, 0.15) is 0 Å². The summed E-state index contributed by atoms with van der Waals surface area (Å²) in [6, 6.07) is 5.31. The number of Topliss-reactive ketones (excluding diaryl/α,β-unsaturated/α-hetero) is 1. The van der Waals surface area contributed by atoms with Crippen molar-refractivity contribution in [1.82, 2.24) is 0 Å². The van der Waals surface area contributed by atoms with E-state index in [0.717, 1.165) is 11.1 Å². The number of halogens is 1. The number of ether oxygens (including phenoxy) is 1. The Balaban J connectivity index is 3.02. The zero-order valence-electron chi connectivity index (χ0n) is 10.1. The van der Waals surface area contributed by atoms with Crippen molar-refractivity contribution in [1.29, 1.82) is 0 Å². The third-order valence-electron chi connectivity index (χ3n) is 2.36. The van der Waals surface area contributed by atoms with Gasteiger partial charge in [-0.1, -0.05) is 11.6 Å². The lowest BCUT2D eigenvalue weighted by atomic mass is 10.0. The second-order valence-corrected chi connectivity index (χ2v) is 4.60. The van der Waals surface area contributed by atoms with Crippen LogP contribution in [0.15, 0.2) is 18.2 Å². The van der Waals surface area contributed by atoms with Gasteiger partial charge in [-0.2, -0.15) is 0 Å². The van der Waals surface area contributed by atoms with Gasteiger partial charge in [0.25, 0.3) is 0 Å². The molecule has 17 heavy (non-hydrogen) atoms. The number of rotatable bonds is 4. The molecule has 0 amide bonds. The third kappa shape index (κ3) is 3.86. The Kier molecular flexibility index (Phi) is 4.70. The minimum Gasteiger partial charge on any atom is -0.469 e. The van der Waals surface area contributed by atoms with Crippen LogP contribution in [-0.2, 0) is 16.0 Å². The summed E-state index contributed by atoms with van der Waals surface area (Å²) < 4.78 is 4.59. The second kappa shape index (κ2) is 5.82. The van der Waals surface area contributed by atoms with E-state index in [-0.39, 0.29) is 18.2 Å². The number of methoxy groups -OCH3 is 1. The fourth-order valence-corrected chi connectivity index (χ4v) is 1.70. The first-order valence-electron chi connectivity index (χ1n) is 5.29. The highest BCUT2D eigenvalue weighted by Crippen LogP contribution is 2.14. The number of benzene rings is 1. The number of esters is 1. The Morgan fingerprint density at radius 2 is 2.00 bits per heavy atom. The van der Waals surface area contributed by atoms with E-state index >= 15 is 0 Å². The molecule has 4 heteroatoms. The summed E-state index contributed by atoms with van der Waals surface area (Å²) in [5.41, 5.74) is 2.22. The molecule has 0 bridgehead atoms. The lowest BCUT2D eigenvalue weighted by molar-refractivity contribution is -0.139. The molecule has 1 rings (SSSR count). The van der Waals surface area contributed by atoms with Crippen LogP contribution in [-0.4, -0.2) is 24.2 Å². The predicted molar refractivity (Wildman–Crippen MR) is 66.5 cm³/mol. The Morgan fingerprint density at radius 1 is 1.35 bits per heavy atom. The molecule has 0 aliphatic rings. The molecule has 0 aliphatic heterocycles. The van der Waals surface area contributed by atoms with E-state index in [0.29, 0.717) is 5.56 Å². The van der Waals surface area contributed by atoms with Crippen molar-refractivity contribution in [3.63, 3.8) is 0 Å². The highest BCUT2D eigenvalue weighted by Gasteiger charge is 2.14. The van der Waals surface area contributed by atoms with Gasteiger partial charge in [-0.05, 0) is 31.5 Å². The summed E-state index contributed by atoms with van der Waals surface area (Å²) in [4.78, 5) is 22.9. The number of ketones is 1. The monoisotopic (exact) mass is 254 g/mol. The Bertz CT molecular complexity index is 438. The van der Waals surface area contributed by atoms with Gasteiger partial charge in [0, 0.05) is 5.56 Å². The first-order valence-corrected chi connectivity index (χ1v) is 5.73. The summed E-state index contributed by atoms with van der Waals surface area (Å²) in [5, 5.41) is -0.567. The lowest BCUT2D eigenvalue weighted by Gasteiger charge is -2.07. The van der Waals surface area contributed by atoms with Crippen LogP contribution in [0.4, 0.5) is 0 Å². The van der Waals surface area contributed by atoms with E-state index in [1.807, 2.05) is 13.0 Å². The van der Waals surface area contributed by atoms with Crippen molar-refractivity contribution < 1.29 is 14.3 Å². The molecule has 1 aromatic rings. The molecular weight excluding hydrogens is 240 g/mol. The predicted octanol–water partition coefficient (Wildman–Crippen LogP) is 2.52. The van der Waals surface area contributed by atoms with Gasteiger partial charge in [0.05, 0.1) is 18.9 Å². The summed E-state index contributed by atoms with van der Waals surface area (Å²) in [5.74, 6) is -0.464. The normalized spacial score (nSPS) is 12.0. The zero-order chi connectivity index (χ0) is 13.0. The fraction of sp³-hybridized carbons (Fsp3) is 0.385. The second-order valence-electron chi connectivity index (χ2n) is 3.94. The van der Waals surface area contributed by atoms with E-state index in [1.54, 1.807) is 19.1 Å². The average molecular weight is 255 g/mol. The van der Waals surface area contributed by atoms with Gasteiger partial charge in [-0.3, -0.25) is 9.59 Å². The Morgan fingerprint density at radius 3 is 2.53 bits per heavy atom. The molecule has 0 N–H and O–H groups in total. The van der Waals surface area contributed by atoms with Crippen LogP contribution in [0.1, 0.15) is 28.4 Å². The molecule has 0 aromatic heterocycles. The first kappa shape index (κ1) is 13.7. The van der Waals surface area contributed by atoms with Gasteiger partial charge in [0.2, 0.25) is 0 Å². The van der Waals surface area contributed by atoms with Crippen molar-refractivity contribution in [3.8, 4) is 0 Å². The van der Waals surface area contributed by atoms with Crippen LogP contribution in [0.2, 0.25) is 0 Å². The standard InChI is InChI=1S/C13H15ClO3/c1-8-4-10(7-12(15)17-3)6-11(5-8)13(16)9(2)14/h4-6,9H,7H2,1-3H3. The van der Waals surface area contributed by atoms with Gasteiger partial charge >= 0.3 is 5.97 Å². The summed E-state index contributed by atoms with van der Waals surface area (Å²) in [6.07, 6.45) is 0.162. The quantitative estimate of drug-likeness (QED) is 0.471. The SMILES string of the molecule is COC(=O)Cc1cc(C)cc(C(=O)C(C)Cl)c1. The van der Waals surface area contributed by atoms with Crippen LogP contribution in [0, 0.1) is 6.92 Å². The summed E-state index contributed by atoms with van der Waals surface area (Å²) in [6.45, 7) is 3.50. The van der Waals surface area contributed by atoms with E-state index in [4.69, 9.17) is 11.6 Å². The van der Waals surface area contributed by atoms with E-state index < -0.39 is 5.38 Å². The van der Waals surface area contributed by atoms with Gasteiger partial charge in [-0.15, -0.1) is 11.6 Å². The van der Waals surface area contributed by atoms with E-state index in [9.17, 15) is 9.59 Å². The maximum absolute atomic E-state index is 11.8. The van der Waals surface area contributed by atoms with Gasteiger partial charge in [-0.25, -0.2) is 0 Å². The largest absolute Gasteiger partial charge is 0.469 e. The molecule has 0 spiro atoms. The maximum Gasteiger partial charge on any atom is 0.309 e. The number of hydrogen-bond donors (Lipinski definition) is 0. The topological polar surface area (TPSA) is 43.4 Å². The smallest absolute Gasteiger partial charge is 0.309 e. The maximum atomic E-state index is 11.8.